The van der Waals surface area contributed by atoms with Crippen molar-refractivity contribution < 1.29 is 0 Å². The molecule has 1 aliphatic rings. The average molecular weight is 173 g/mol. The molecule has 0 spiro atoms. The van der Waals surface area contributed by atoms with Gasteiger partial charge in [0.1, 0.15) is 0 Å². The van der Waals surface area contributed by atoms with Crippen LogP contribution in [0.25, 0.3) is 6.08 Å². The summed E-state index contributed by atoms with van der Waals surface area (Å²) in [5, 5.41) is 0. The van der Waals surface area contributed by atoms with Crippen LogP contribution in [-0.4, -0.2) is 6.04 Å². The zero-order valence-electron chi connectivity index (χ0n) is 7.90. The van der Waals surface area contributed by atoms with Crippen molar-refractivity contribution in [3.63, 3.8) is 0 Å². The first-order valence-corrected chi connectivity index (χ1v) is 4.76. The van der Waals surface area contributed by atoms with Crippen molar-refractivity contribution in [2.45, 2.75) is 19.4 Å². The molecule has 0 aromatic heterocycles. The second kappa shape index (κ2) is 3.35. The maximum atomic E-state index is 5.78. The third kappa shape index (κ3) is 1.99. The summed E-state index contributed by atoms with van der Waals surface area (Å²) >= 11 is 0. The minimum absolute atomic E-state index is 0.417. The van der Waals surface area contributed by atoms with Gasteiger partial charge in [-0.1, -0.05) is 42.0 Å². The predicted octanol–water partition coefficient (Wildman–Crippen LogP) is 2.44. The first-order chi connectivity index (χ1) is 6.27. The van der Waals surface area contributed by atoms with Gasteiger partial charge in [-0.15, -0.1) is 0 Å². The van der Waals surface area contributed by atoms with Crippen molar-refractivity contribution in [1.29, 1.82) is 0 Å². The van der Waals surface area contributed by atoms with Crippen LogP contribution in [0.2, 0.25) is 0 Å². The Morgan fingerprint density at radius 2 is 2.00 bits per heavy atom. The van der Waals surface area contributed by atoms with Gasteiger partial charge in [0.05, 0.1) is 0 Å². The third-order valence-corrected chi connectivity index (χ3v) is 2.62. The molecule has 0 heterocycles. The van der Waals surface area contributed by atoms with E-state index >= 15 is 0 Å². The summed E-state index contributed by atoms with van der Waals surface area (Å²) in [6, 6.07) is 10.8. The van der Waals surface area contributed by atoms with E-state index in [1.807, 2.05) is 6.07 Å². The molecule has 2 N–H and O–H groups in total. The lowest BCUT2D eigenvalue weighted by atomic mass is 10.1. The standard InChI is InChI=1S/C12H15N/c1-9(11-8-12(11)13)7-10-5-3-2-4-6-10/h2-7,11-12H,8,13H2,1H3/b9-7-. The number of nitrogens with two attached hydrogens (primary N) is 1. The molecule has 1 saturated carbocycles. The van der Waals surface area contributed by atoms with Gasteiger partial charge in [0.2, 0.25) is 0 Å². The average Bonchev–Trinajstić information content (AvgIpc) is 2.84. The Morgan fingerprint density at radius 3 is 2.54 bits per heavy atom. The number of benzene rings is 1. The van der Waals surface area contributed by atoms with E-state index in [0.717, 1.165) is 6.42 Å². The van der Waals surface area contributed by atoms with Crippen LogP contribution in [0.1, 0.15) is 18.9 Å². The van der Waals surface area contributed by atoms with Crippen LogP contribution in [0.15, 0.2) is 35.9 Å². The molecular weight excluding hydrogens is 158 g/mol. The first-order valence-electron chi connectivity index (χ1n) is 4.76. The normalized spacial score (nSPS) is 27.4. The molecule has 1 aromatic rings. The number of hydrogen-bond acceptors (Lipinski definition) is 1. The Balaban J connectivity index is 2.12. The molecule has 1 aromatic carbocycles. The fourth-order valence-corrected chi connectivity index (χ4v) is 1.66. The summed E-state index contributed by atoms with van der Waals surface area (Å²) in [6.45, 7) is 2.17. The highest BCUT2D eigenvalue weighted by Crippen LogP contribution is 2.35. The van der Waals surface area contributed by atoms with Crippen LogP contribution in [0.3, 0.4) is 0 Å². The first kappa shape index (κ1) is 8.52. The van der Waals surface area contributed by atoms with Crippen molar-refractivity contribution in [2.75, 3.05) is 0 Å². The Bertz CT molecular complexity index is 313. The molecule has 2 rings (SSSR count). The van der Waals surface area contributed by atoms with E-state index in [2.05, 4.69) is 37.3 Å². The van der Waals surface area contributed by atoms with E-state index in [1.165, 1.54) is 11.1 Å². The second-order valence-corrected chi connectivity index (χ2v) is 3.81. The molecule has 0 bridgehead atoms. The Hall–Kier alpha value is -1.08. The number of rotatable bonds is 2. The molecule has 0 amide bonds. The van der Waals surface area contributed by atoms with Gasteiger partial charge < -0.3 is 5.73 Å². The van der Waals surface area contributed by atoms with Gasteiger partial charge in [-0.05, 0) is 24.8 Å². The van der Waals surface area contributed by atoms with Crippen molar-refractivity contribution in [3.8, 4) is 0 Å². The van der Waals surface area contributed by atoms with Gasteiger partial charge >= 0.3 is 0 Å². The lowest BCUT2D eigenvalue weighted by molar-refractivity contribution is 0.924. The maximum absolute atomic E-state index is 5.78. The van der Waals surface area contributed by atoms with Gasteiger partial charge in [0.15, 0.2) is 0 Å². The van der Waals surface area contributed by atoms with Crippen molar-refractivity contribution in [1.82, 2.24) is 0 Å². The van der Waals surface area contributed by atoms with Crippen LogP contribution in [0.4, 0.5) is 0 Å². The van der Waals surface area contributed by atoms with Crippen molar-refractivity contribution in [2.24, 2.45) is 11.7 Å². The lowest BCUT2D eigenvalue weighted by Gasteiger charge is -1.98. The zero-order valence-corrected chi connectivity index (χ0v) is 7.90. The predicted molar refractivity (Wildman–Crippen MR) is 56.2 cm³/mol. The summed E-state index contributed by atoms with van der Waals surface area (Å²) in [5.74, 6) is 0.639. The molecule has 68 valence electrons. The molecule has 13 heavy (non-hydrogen) atoms. The summed E-state index contributed by atoms with van der Waals surface area (Å²) in [5.41, 5.74) is 8.47. The van der Waals surface area contributed by atoms with Gasteiger partial charge in [-0.3, -0.25) is 0 Å². The fraction of sp³-hybridized carbons (Fsp3) is 0.333. The summed E-state index contributed by atoms with van der Waals surface area (Å²) < 4.78 is 0. The Kier molecular flexibility index (Phi) is 2.19. The van der Waals surface area contributed by atoms with Crippen molar-refractivity contribution in [3.05, 3.63) is 41.5 Å². The highest BCUT2D eigenvalue weighted by molar-refractivity contribution is 5.53. The summed E-state index contributed by atoms with van der Waals surface area (Å²) in [4.78, 5) is 0. The highest BCUT2D eigenvalue weighted by atomic mass is 14.7. The van der Waals surface area contributed by atoms with E-state index in [4.69, 9.17) is 5.73 Å². The molecule has 0 saturated heterocycles. The minimum atomic E-state index is 0.417. The van der Waals surface area contributed by atoms with E-state index in [0.29, 0.717) is 12.0 Å². The molecule has 0 aliphatic heterocycles. The highest BCUT2D eigenvalue weighted by Gasteiger charge is 2.34. The van der Waals surface area contributed by atoms with Gasteiger partial charge in [0, 0.05) is 6.04 Å². The molecule has 1 fully saturated rings. The molecule has 1 nitrogen and oxygen atoms in total. The summed E-state index contributed by atoms with van der Waals surface area (Å²) in [7, 11) is 0. The SMILES string of the molecule is C/C(=C/c1ccccc1)C1CC1N. The molecule has 1 aliphatic carbocycles. The van der Waals surface area contributed by atoms with Gasteiger partial charge in [-0.25, -0.2) is 0 Å². The van der Waals surface area contributed by atoms with Crippen LogP contribution < -0.4 is 5.73 Å². The number of hydrogen-bond donors (Lipinski definition) is 1. The van der Waals surface area contributed by atoms with Crippen LogP contribution in [0.5, 0.6) is 0 Å². The quantitative estimate of drug-likeness (QED) is 0.730. The van der Waals surface area contributed by atoms with Crippen LogP contribution >= 0.6 is 0 Å². The minimum Gasteiger partial charge on any atom is -0.327 e. The van der Waals surface area contributed by atoms with Crippen LogP contribution in [-0.2, 0) is 0 Å². The van der Waals surface area contributed by atoms with E-state index < -0.39 is 0 Å². The van der Waals surface area contributed by atoms with Gasteiger partial charge in [-0.2, -0.15) is 0 Å². The molecule has 2 unspecified atom stereocenters. The smallest absolute Gasteiger partial charge is 0.0111 e. The topological polar surface area (TPSA) is 26.0 Å². The van der Waals surface area contributed by atoms with E-state index in [-0.39, 0.29) is 0 Å². The lowest BCUT2D eigenvalue weighted by Crippen LogP contribution is -2.02. The molecular formula is C12H15N. The van der Waals surface area contributed by atoms with Crippen LogP contribution in [0, 0.1) is 5.92 Å². The Labute approximate surface area is 79.3 Å². The van der Waals surface area contributed by atoms with E-state index in [9.17, 15) is 0 Å². The molecule has 0 radical (unpaired) electrons. The largest absolute Gasteiger partial charge is 0.327 e. The van der Waals surface area contributed by atoms with Crippen molar-refractivity contribution >= 4 is 6.08 Å². The second-order valence-electron chi connectivity index (χ2n) is 3.81. The molecule has 2 atom stereocenters. The maximum Gasteiger partial charge on any atom is 0.0111 e. The third-order valence-electron chi connectivity index (χ3n) is 2.62. The van der Waals surface area contributed by atoms with E-state index in [1.54, 1.807) is 0 Å². The van der Waals surface area contributed by atoms with Gasteiger partial charge in [0.25, 0.3) is 0 Å². The monoisotopic (exact) mass is 173 g/mol. The fourth-order valence-electron chi connectivity index (χ4n) is 1.66. The molecule has 1 heteroatoms. The zero-order chi connectivity index (χ0) is 9.26. The summed E-state index contributed by atoms with van der Waals surface area (Å²) in [6.07, 6.45) is 3.40. The Morgan fingerprint density at radius 1 is 1.38 bits per heavy atom.